The van der Waals surface area contributed by atoms with Crippen molar-refractivity contribution in [2.75, 3.05) is 33.2 Å². The Morgan fingerprint density at radius 1 is 1.15 bits per heavy atom. The number of likely N-dealkylation sites (N-methyl/N-ethyl adjacent to an activating group) is 1. The topological polar surface area (TPSA) is 65.6 Å². The lowest BCUT2D eigenvalue weighted by atomic mass is 10.0. The van der Waals surface area contributed by atoms with Crippen LogP contribution in [0.15, 0.2) is 47.1 Å². The van der Waals surface area contributed by atoms with Gasteiger partial charge in [0.1, 0.15) is 38.5 Å². The zero-order valence-corrected chi connectivity index (χ0v) is 15.5. The fourth-order valence-electron chi connectivity index (χ4n) is 3.59. The molecule has 0 saturated carbocycles. The molecule has 1 fully saturated rings. The van der Waals surface area contributed by atoms with Gasteiger partial charge in [-0.25, -0.2) is 4.68 Å². The van der Waals surface area contributed by atoms with Gasteiger partial charge in [-0.3, -0.25) is 0 Å². The molecule has 26 heavy (non-hydrogen) atoms. The third kappa shape index (κ3) is 3.65. The van der Waals surface area contributed by atoms with E-state index in [4.69, 9.17) is 16.0 Å². The van der Waals surface area contributed by atoms with Crippen LogP contribution >= 0.6 is 11.6 Å². The lowest BCUT2D eigenvalue weighted by Gasteiger charge is -2.32. The van der Waals surface area contributed by atoms with Crippen LogP contribution in [0.4, 0.5) is 0 Å². The van der Waals surface area contributed by atoms with E-state index >= 15 is 0 Å². The smallest absolute Gasteiger partial charge is 0.214 e. The van der Waals surface area contributed by atoms with Gasteiger partial charge in [0.05, 0.1) is 13.3 Å². The molecule has 1 aliphatic rings. The number of nitrogens with one attached hydrogen (secondary N) is 2. The van der Waals surface area contributed by atoms with Gasteiger partial charge in [0.25, 0.3) is 0 Å². The van der Waals surface area contributed by atoms with Gasteiger partial charge in [0.15, 0.2) is 6.04 Å². The summed E-state index contributed by atoms with van der Waals surface area (Å²) in [6.07, 6.45) is 1.67. The first kappa shape index (κ1) is 17.2. The van der Waals surface area contributed by atoms with Gasteiger partial charge in [-0.2, -0.15) is 0 Å². The molecule has 136 valence electrons. The van der Waals surface area contributed by atoms with Crippen LogP contribution in [-0.2, 0) is 6.54 Å². The van der Waals surface area contributed by atoms with E-state index in [2.05, 4.69) is 34.7 Å². The lowest BCUT2D eigenvalue weighted by molar-refractivity contribution is -1.02. The number of aromatic nitrogens is 4. The van der Waals surface area contributed by atoms with Crippen LogP contribution in [0.25, 0.3) is 0 Å². The molecule has 0 spiro atoms. The van der Waals surface area contributed by atoms with Gasteiger partial charge in [-0.15, -0.1) is 5.10 Å². The SMILES string of the molecule is C[NH+]1CC[NH+]([C@@H](c2ccc(Cl)cc2)c2nnnn2Cc2ccco2)CC1. The van der Waals surface area contributed by atoms with Crippen LogP contribution in [0, 0.1) is 0 Å². The zero-order chi connectivity index (χ0) is 17.9. The van der Waals surface area contributed by atoms with E-state index < -0.39 is 0 Å². The number of rotatable bonds is 5. The highest BCUT2D eigenvalue weighted by Crippen LogP contribution is 2.20. The largest absolute Gasteiger partial charge is 0.467 e. The Balaban J connectivity index is 1.69. The molecular formula is C18H23ClN6O+2. The molecule has 3 aromatic rings. The van der Waals surface area contributed by atoms with Crippen molar-refractivity contribution in [2.45, 2.75) is 12.6 Å². The van der Waals surface area contributed by atoms with Crippen molar-refractivity contribution < 1.29 is 14.2 Å². The predicted octanol–water partition coefficient (Wildman–Crippen LogP) is -0.530. The minimum Gasteiger partial charge on any atom is -0.467 e. The number of halogens is 1. The van der Waals surface area contributed by atoms with Crippen LogP contribution in [-0.4, -0.2) is 53.4 Å². The highest BCUT2D eigenvalue weighted by molar-refractivity contribution is 6.30. The van der Waals surface area contributed by atoms with Crippen LogP contribution in [0.2, 0.25) is 5.02 Å². The summed E-state index contributed by atoms with van der Waals surface area (Å²) in [6, 6.07) is 11.9. The Morgan fingerprint density at radius 3 is 2.62 bits per heavy atom. The first-order valence-electron chi connectivity index (χ1n) is 8.90. The minimum atomic E-state index is 0.0744. The minimum absolute atomic E-state index is 0.0744. The monoisotopic (exact) mass is 374 g/mol. The lowest BCUT2D eigenvalue weighted by Crippen LogP contribution is -3.27. The van der Waals surface area contributed by atoms with Gasteiger partial charge in [-0.1, -0.05) is 23.7 Å². The second kappa shape index (κ2) is 7.57. The van der Waals surface area contributed by atoms with Crippen molar-refractivity contribution >= 4 is 11.6 Å². The van der Waals surface area contributed by atoms with Crippen LogP contribution in [0.5, 0.6) is 0 Å². The van der Waals surface area contributed by atoms with E-state index in [0.29, 0.717) is 6.54 Å². The number of quaternary nitrogens is 2. The maximum atomic E-state index is 6.10. The van der Waals surface area contributed by atoms with Crippen molar-refractivity contribution in [1.29, 1.82) is 0 Å². The molecule has 0 amide bonds. The summed E-state index contributed by atoms with van der Waals surface area (Å²) < 4.78 is 7.32. The van der Waals surface area contributed by atoms with E-state index in [9.17, 15) is 0 Å². The fraction of sp³-hybridized carbons (Fsp3) is 0.389. The van der Waals surface area contributed by atoms with E-state index in [0.717, 1.165) is 42.8 Å². The quantitative estimate of drug-likeness (QED) is 0.630. The van der Waals surface area contributed by atoms with Crippen molar-refractivity contribution in [3.8, 4) is 0 Å². The summed E-state index contributed by atoms with van der Waals surface area (Å²) in [5.41, 5.74) is 1.18. The highest BCUT2D eigenvalue weighted by Gasteiger charge is 2.34. The summed E-state index contributed by atoms with van der Waals surface area (Å²) in [6.45, 7) is 4.95. The highest BCUT2D eigenvalue weighted by atomic mass is 35.5. The fourth-order valence-corrected chi connectivity index (χ4v) is 3.72. The van der Waals surface area contributed by atoms with Crippen LogP contribution in [0.1, 0.15) is 23.2 Å². The number of benzene rings is 1. The Morgan fingerprint density at radius 2 is 1.92 bits per heavy atom. The van der Waals surface area contributed by atoms with Gasteiger partial charge in [0.2, 0.25) is 5.82 Å². The van der Waals surface area contributed by atoms with E-state index in [1.807, 2.05) is 28.9 Å². The normalized spacial score (nSPS) is 21.6. The number of nitrogens with zero attached hydrogens (tertiary/aromatic N) is 4. The number of tetrazole rings is 1. The summed E-state index contributed by atoms with van der Waals surface area (Å²) in [4.78, 5) is 3.05. The molecule has 1 saturated heterocycles. The number of hydrogen-bond donors (Lipinski definition) is 2. The molecule has 2 N–H and O–H groups in total. The molecule has 3 heterocycles. The van der Waals surface area contributed by atoms with Gasteiger partial charge in [0, 0.05) is 10.6 Å². The first-order chi connectivity index (χ1) is 12.7. The Bertz CT molecular complexity index is 824. The summed E-state index contributed by atoms with van der Waals surface area (Å²) >= 11 is 6.10. The zero-order valence-electron chi connectivity index (χ0n) is 14.7. The van der Waals surface area contributed by atoms with Crippen molar-refractivity contribution in [3.63, 3.8) is 0 Å². The average molecular weight is 375 g/mol. The van der Waals surface area contributed by atoms with Gasteiger partial charge >= 0.3 is 0 Å². The molecule has 4 rings (SSSR count). The molecule has 1 aliphatic heterocycles. The molecule has 0 aliphatic carbocycles. The summed E-state index contributed by atoms with van der Waals surface area (Å²) in [7, 11) is 2.25. The maximum Gasteiger partial charge on any atom is 0.214 e. The second-order valence-electron chi connectivity index (χ2n) is 6.87. The molecular weight excluding hydrogens is 352 g/mol. The van der Waals surface area contributed by atoms with Gasteiger partial charge < -0.3 is 14.2 Å². The molecule has 0 bridgehead atoms. The Kier molecular flexibility index (Phi) is 5.01. The van der Waals surface area contributed by atoms with Crippen LogP contribution < -0.4 is 9.80 Å². The van der Waals surface area contributed by atoms with E-state index in [1.54, 1.807) is 11.2 Å². The third-order valence-corrected chi connectivity index (χ3v) is 5.31. The molecule has 1 aromatic carbocycles. The Labute approximate surface area is 157 Å². The molecule has 2 aromatic heterocycles. The van der Waals surface area contributed by atoms with E-state index in [1.165, 1.54) is 10.5 Å². The number of hydrogen-bond acceptors (Lipinski definition) is 4. The standard InChI is InChI=1S/C18H21ClN6O/c1-23-8-10-24(11-9-23)17(14-4-6-15(19)7-5-14)18-20-21-22-25(18)13-16-3-2-12-26-16/h2-7,12,17H,8-11,13H2,1H3/p+2/t17-/m0/s1. The Hall–Kier alpha value is -2.22. The molecule has 8 heteroatoms. The molecule has 1 atom stereocenters. The first-order valence-corrected chi connectivity index (χ1v) is 9.28. The van der Waals surface area contributed by atoms with Gasteiger partial charge in [-0.05, 0) is 34.7 Å². The number of furan rings is 1. The average Bonchev–Trinajstić information content (AvgIpc) is 3.32. The molecule has 7 nitrogen and oxygen atoms in total. The van der Waals surface area contributed by atoms with Crippen LogP contribution in [0.3, 0.4) is 0 Å². The summed E-state index contributed by atoms with van der Waals surface area (Å²) in [5.74, 6) is 1.70. The third-order valence-electron chi connectivity index (χ3n) is 5.06. The van der Waals surface area contributed by atoms with Crippen molar-refractivity contribution in [2.24, 2.45) is 0 Å². The number of piperazine rings is 1. The van der Waals surface area contributed by atoms with Crippen molar-refractivity contribution in [3.05, 3.63) is 64.8 Å². The van der Waals surface area contributed by atoms with E-state index in [-0.39, 0.29) is 6.04 Å². The maximum absolute atomic E-state index is 6.10. The second-order valence-corrected chi connectivity index (χ2v) is 7.31. The predicted molar refractivity (Wildman–Crippen MR) is 96.2 cm³/mol. The molecule has 0 radical (unpaired) electrons. The molecule has 0 unspecified atom stereocenters. The van der Waals surface area contributed by atoms with Crippen molar-refractivity contribution in [1.82, 2.24) is 20.2 Å². The summed E-state index contributed by atoms with van der Waals surface area (Å²) in [5, 5.41) is 13.3.